The second-order valence-corrected chi connectivity index (χ2v) is 10.6. The molecule has 0 unspecified atom stereocenters. The highest BCUT2D eigenvalue weighted by molar-refractivity contribution is 9.10. The number of phenols is 1. The van der Waals surface area contributed by atoms with Gasteiger partial charge in [0.15, 0.2) is 11.0 Å². The summed E-state index contributed by atoms with van der Waals surface area (Å²) in [4.78, 5) is 12.9. The predicted molar refractivity (Wildman–Crippen MR) is 146 cm³/mol. The quantitative estimate of drug-likeness (QED) is 0.262. The van der Waals surface area contributed by atoms with E-state index in [2.05, 4.69) is 49.6 Å². The highest BCUT2D eigenvalue weighted by atomic mass is 79.9. The third-order valence-electron chi connectivity index (χ3n) is 5.70. The van der Waals surface area contributed by atoms with Gasteiger partial charge in [-0.25, -0.2) is 0 Å². The molecule has 4 aromatic rings. The summed E-state index contributed by atoms with van der Waals surface area (Å²) in [6, 6.07) is 15.4. The summed E-state index contributed by atoms with van der Waals surface area (Å²) in [5, 5.41) is 23.0. The van der Waals surface area contributed by atoms with Gasteiger partial charge < -0.3 is 10.4 Å². The van der Waals surface area contributed by atoms with Crippen molar-refractivity contribution in [2.45, 2.75) is 39.8 Å². The van der Waals surface area contributed by atoms with Crippen LogP contribution in [-0.4, -0.2) is 31.5 Å². The van der Waals surface area contributed by atoms with E-state index in [0.29, 0.717) is 16.5 Å². The summed E-state index contributed by atoms with van der Waals surface area (Å²) >= 11 is 4.78. The first-order valence-electron chi connectivity index (χ1n) is 11.2. The van der Waals surface area contributed by atoms with Gasteiger partial charge in [-0.2, -0.15) is 0 Å². The minimum atomic E-state index is -0.118. The number of aromatic hydroxyl groups is 1. The van der Waals surface area contributed by atoms with Gasteiger partial charge in [0.05, 0.1) is 17.0 Å². The van der Waals surface area contributed by atoms with Gasteiger partial charge in [0.2, 0.25) is 5.91 Å². The standard InChI is InChI=1S/C27H27BrN4O2S/c1-15-6-8-22(17(3)10-15)32-26(21-13-20(28)7-9-23(21)33)30-31-27(32)35-14-24(34)29-25-18(4)11-16(2)12-19(25)5/h6-13,33H,14H2,1-5H3,(H,29,34). The number of benzene rings is 3. The number of aryl methyl sites for hydroxylation is 5. The molecule has 0 radical (unpaired) electrons. The van der Waals surface area contributed by atoms with E-state index >= 15 is 0 Å². The number of hydrogen-bond acceptors (Lipinski definition) is 5. The van der Waals surface area contributed by atoms with Crippen molar-refractivity contribution in [3.63, 3.8) is 0 Å². The Hall–Kier alpha value is -3.10. The number of nitrogens with one attached hydrogen (secondary N) is 1. The molecule has 0 spiro atoms. The number of amides is 1. The van der Waals surface area contributed by atoms with E-state index in [-0.39, 0.29) is 17.4 Å². The Morgan fingerprint density at radius 1 is 0.943 bits per heavy atom. The summed E-state index contributed by atoms with van der Waals surface area (Å²) in [5.74, 6) is 0.655. The lowest BCUT2D eigenvalue weighted by Crippen LogP contribution is -2.16. The van der Waals surface area contributed by atoms with Crippen molar-refractivity contribution in [1.82, 2.24) is 14.8 Å². The zero-order valence-corrected chi connectivity index (χ0v) is 22.7. The average molecular weight is 552 g/mol. The van der Waals surface area contributed by atoms with Crippen LogP contribution in [0.15, 0.2) is 58.2 Å². The van der Waals surface area contributed by atoms with E-state index in [1.54, 1.807) is 12.1 Å². The van der Waals surface area contributed by atoms with E-state index in [0.717, 1.165) is 43.7 Å². The molecule has 180 valence electrons. The van der Waals surface area contributed by atoms with Crippen molar-refractivity contribution >= 4 is 39.3 Å². The van der Waals surface area contributed by atoms with Crippen LogP contribution < -0.4 is 5.32 Å². The van der Waals surface area contributed by atoms with Gasteiger partial charge in [-0.3, -0.25) is 9.36 Å². The first-order chi connectivity index (χ1) is 16.6. The maximum Gasteiger partial charge on any atom is 0.234 e. The maximum absolute atomic E-state index is 12.9. The minimum Gasteiger partial charge on any atom is -0.507 e. The molecule has 8 heteroatoms. The Balaban J connectivity index is 1.68. The molecule has 0 aliphatic heterocycles. The van der Waals surface area contributed by atoms with Gasteiger partial charge in [0, 0.05) is 10.2 Å². The van der Waals surface area contributed by atoms with Gasteiger partial charge >= 0.3 is 0 Å². The van der Waals surface area contributed by atoms with Crippen molar-refractivity contribution < 1.29 is 9.90 Å². The van der Waals surface area contributed by atoms with Crippen molar-refractivity contribution in [3.05, 3.63) is 80.8 Å². The van der Waals surface area contributed by atoms with Crippen LogP contribution in [0.1, 0.15) is 27.8 Å². The zero-order valence-electron chi connectivity index (χ0n) is 20.3. The van der Waals surface area contributed by atoms with Crippen LogP contribution in [0.2, 0.25) is 0 Å². The van der Waals surface area contributed by atoms with E-state index in [4.69, 9.17) is 0 Å². The van der Waals surface area contributed by atoms with Gasteiger partial charge in [-0.15, -0.1) is 10.2 Å². The Morgan fingerprint density at radius 2 is 1.63 bits per heavy atom. The molecule has 1 heterocycles. The number of hydrogen-bond donors (Lipinski definition) is 2. The Labute approximate surface area is 217 Å². The Morgan fingerprint density at radius 3 is 2.31 bits per heavy atom. The molecule has 1 aromatic heterocycles. The predicted octanol–water partition coefficient (Wildman–Crippen LogP) is 6.68. The smallest absolute Gasteiger partial charge is 0.234 e. The fraction of sp³-hybridized carbons (Fsp3) is 0.222. The van der Waals surface area contributed by atoms with E-state index in [1.807, 2.05) is 57.4 Å². The molecule has 0 atom stereocenters. The molecule has 0 bridgehead atoms. The molecular formula is C27H27BrN4O2S. The summed E-state index contributed by atoms with van der Waals surface area (Å²) in [7, 11) is 0. The van der Waals surface area contributed by atoms with Crippen LogP contribution in [0, 0.1) is 34.6 Å². The van der Waals surface area contributed by atoms with E-state index < -0.39 is 0 Å². The molecule has 0 aliphatic carbocycles. The first kappa shape index (κ1) is 25.0. The number of thioether (sulfide) groups is 1. The minimum absolute atomic E-state index is 0.103. The average Bonchev–Trinajstić information content (AvgIpc) is 3.20. The number of carbonyl (C=O) groups excluding carboxylic acids is 1. The summed E-state index contributed by atoms with van der Waals surface area (Å²) < 4.78 is 2.72. The summed E-state index contributed by atoms with van der Waals surface area (Å²) in [6.45, 7) is 10.1. The Bertz CT molecular complexity index is 1410. The lowest BCUT2D eigenvalue weighted by atomic mass is 10.1. The molecule has 0 saturated carbocycles. The second kappa shape index (κ2) is 10.3. The highest BCUT2D eigenvalue weighted by Crippen LogP contribution is 2.35. The molecule has 1 amide bonds. The van der Waals surface area contributed by atoms with Crippen molar-refractivity contribution in [2.75, 3.05) is 11.1 Å². The topological polar surface area (TPSA) is 80.0 Å². The number of anilines is 1. The third-order valence-corrected chi connectivity index (χ3v) is 7.12. The highest BCUT2D eigenvalue weighted by Gasteiger charge is 2.21. The third kappa shape index (κ3) is 5.44. The SMILES string of the molecule is Cc1ccc(-n2c(SCC(=O)Nc3c(C)cc(C)cc3C)nnc2-c2cc(Br)ccc2O)c(C)c1. The van der Waals surface area contributed by atoms with Crippen LogP contribution in [0.3, 0.4) is 0 Å². The molecule has 35 heavy (non-hydrogen) atoms. The van der Waals surface area contributed by atoms with Gasteiger partial charge in [0.25, 0.3) is 0 Å². The van der Waals surface area contributed by atoms with Crippen LogP contribution in [0.5, 0.6) is 5.75 Å². The number of phenolic OH excluding ortho intramolecular Hbond substituents is 1. The normalized spacial score (nSPS) is 11.0. The van der Waals surface area contributed by atoms with Crippen molar-refractivity contribution in [1.29, 1.82) is 0 Å². The molecule has 0 aliphatic rings. The maximum atomic E-state index is 12.9. The second-order valence-electron chi connectivity index (χ2n) is 8.70. The number of nitrogens with zero attached hydrogens (tertiary/aromatic N) is 3. The van der Waals surface area contributed by atoms with E-state index in [9.17, 15) is 9.90 Å². The fourth-order valence-corrected chi connectivity index (χ4v) is 5.29. The summed E-state index contributed by atoms with van der Waals surface area (Å²) in [6.07, 6.45) is 0. The number of carbonyl (C=O) groups is 1. The molecule has 4 rings (SSSR count). The fourth-order valence-electron chi connectivity index (χ4n) is 4.18. The largest absolute Gasteiger partial charge is 0.507 e. The lowest BCUT2D eigenvalue weighted by Gasteiger charge is -2.15. The van der Waals surface area contributed by atoms with Crippen LogP contribution >= 0.6 is 27.7 Å². The monoisotopic (exact) mass is 550 g/mol. The van der Waals surface area contributed by atoms with Crippen molar-refractivity contribution in [3.8, 4) is 22.8 Å². The molecular weight excluding hydrogens is 524 g/mol. The van der Waals surface area contributed by atoms with Gasteiger partial charge in [0.1, 0.15) is 5.75 Å². The zero-order chi connectivity index (χ0) is 25.3. The lowest BCUT2D eigenvalue weighted by molar-refractivity contribution is -0.113. The molecule has 0 fully saturated rings. The number of rotatable bonds is 6. The van der Waals surface area contributed by atoms with Crippen LogP contribution in [0.4, 0.5) is 5.69 Å². The van der Waals surface area contributed by atoms with Gasteiger partial charge in [-0.1, -0.05) is 63.1 Å². The van der Waals surface area contributed by atoms with Crippen LogP contribution in [-0.2, 0) is 4.79 Å². The number of aromatic nitrogens is 3. The van der Waals surface area contributed by atoms with Crippen molar-refractivity contribution in [2.24, 2.45) is 0 Å². The molecule has 2 N–H and O–H groups in total. The molecule has 3 aromatic carbocycles. The number of halogens is 1. The van der Waals surface area contributed by atoms with Gasteiger partial charge in [-0.05, 0) is 75.6 Å². The molecule has 6 nitrogen and oxygen atoms in total. The Kier molecular flexibility index (Phi) is 7.33. The van der Waals surface area contributed by atoms with E-state index in [1.165, 1.54) is 11.8 Å². The van der Waals surface area contributed by atoms with Crippen LogP contribution in [0.25, 0.3) is 17.1 Å². The molecule has 0 saturated heterocycles. The first-order valence-corrected chi connectivity index (χ1v) is 12.9. The summed E-state index contributed by atoms with van der Waals surface area (Å²) in [5.41, 5.74) is 7.70.